The van der Waals surface area contributed by atoms with E-state index in [1.54, 1.807) is 0 Å². The fourth-order valence-electron chi connectivity index (χ4n) is 1.96. The van der Waals surface area contributed by atoms with Crippen LogP contribution >= 0.6 is 11.6 Å². The molecule has 0 aromatic carbocycles. The van der Waals surface area contributed by atoms with Crippen molar-refractivity contribution in [2.24, 2.45) is 0 Å². The van der Waals surface area contributed by atoms with Crippen LogP contribution in [0, 0.1) is 0 Å². The van der Waals surface area contributed by atoms with Crippen LogP contribution in [0.15, 0.2) is 0 Å². The van der Waals surface area contributed by atoms with Gasteiger partial charge in [-0.2, -0.15) is 0 Å². The molecule has 0 spiro atoms. The third-order valence-electron chi connectivity index (χ3n) is 2.90. The summed E-state index contributed by atoms with van der Waals surface area (Å²) in [6.45, 7) is 3.13. The van der Waals surface area contributed by atoms with Gasteiger partial charge in [0.1, 0.15) is 5.69 Å². The molecule has 1 aromatic rings. The molecule has 0 aliphatic heterocycles. The van der Waals surface area contributed by atoms with E-state index in [-0.39, 0.29) is 0 Å². The smallest absolute Gasteiger partial charge is 0.101 e. The van der Waals surface area contributed by atoms with Crippen LogP contribution in [0.5, 0.6) is 0 Å². The molecule has 0 amide bonds. The minimum atomic E-state index is 0.496. The SMILES string of the molecule is CCCn1nnc(CCl)c1C1CCC1. The first-order valence-corrected chi connectivity index (χ1v) is 5.88. The Balaban J connectivity index is 2.25. The van der Waals surface area contributed by atoms with Crippen LogP contribution in [0.4, 0.5) is 0 Å². The van der Waals surface area contributed by atoms with Crippen LogP contribution in [0.1, 0.15) is 49.9 Å². The molecular formula is C10H16ClN3. The second-order valence-corrected chi connectivity index (χ2v) is 4.17. The van der Waals surface area contributed by atoms with Gasteiger partial charge in [-0.3, -0.25) is 0 Å². The predicted molar refractivity (Wildman–Crippen MR) is 56.5 cm³/mol. The summed E-state index contributed by atoms with van der Waals surface area (Å²) in [6.07, 6.45) is 5.00. The third-order valence-corrected chi connectivity index (χ3v) is 3.15. The molecule has 1 aliphatic carbocycles. The average Bonchev–Trinajstić information content (AvgIpc) is 2.47. The second-order valence-electron chi connectivity index (χ2n) is 3.91. The molecule has 0 radical (unpaired) electrons. The highest BCUT2D eigenvalue weighted by Crippen LogP contribution is 2.37. The van der Waals surface area contributed by atoms with Crippen molar-refractivity contribution < 1.29 is 0 Å². The van der Waals surface area contributed by atoms with Gasteiger partial charge in [-0.15, -0.1) is 16.7 Å². The molecule has 1 fully saturated rings. The number of aryl methyl sites for hydroxylation is 1. The van der Waals surface area contributed by atoms with Gasteiger partial charge in [-0.1, -0.05) is 18.6 Å². The molecule has 0 atom stereocenters. The lowest BCUT2D eigenvalue weighted by Crippen LogP contribution is -2.16. The molecule has 0 unspecified atom stereocenters. The third kappa shape index (κ3) is 1.65. The summed E-state index contributed by atoms with van der Waals surface area (Å²) in [7, 11) is 0. The fraction of sp³-hybridized carbons (Fsp3) is 0.800. The van der Waals surface area contributed by atoms with E-state index in [9.17, 15) is 0 Å². The van der Waals surface area contributed by atoms with Crippen LogP contribution in [0.3, 0.4) is 0 Å². The van der Waals surface area contributed by atoms with E-state index in [1.807, 2.05) is 4.68 Å². The van der Waals surface area contributed by atoms with Gasteiger partial charge in [0.25, 0.3) is 0 Å². The monoisotopic (exact) mass is 213 g/mol. The Hall–Kier alpha value is -0.570. The molecule has 0 bridgehead atoms. The molecule has 2 rings (SSSR count). The number of aromatic nitrogens is 3. The van der Waals surface area contributed by atoms with Gasteiger partial charge in [-0.05, 0) is 19.3 Å². The zero-order valence-corrected chi connectivity index (χ0v) is 9.30. The van der Waals surface area contributed by atoms with Crippen LogP contribution in [-0.4, -0.2) is 15.0 Å². The maximum atomic E-state index is 5.85. The molecule has 14 heavy (non-hydrogen) atoms. The molecule has 0 N–H and O–H groups in total. The first kappa shape index (κ1) is 9.97. The van der Waals surface area contributed by atoms with E-state index in [0.717, 1.165) is 18.7 Å². The predicted octanol–water partition coefficient (Wildman–Crippen LogP) is 2.69. The summed E-state index contributed by atoms with van der Waals surface area (Å²) in [6, 6.07) is 0. The van der Waals surface area contributed by atoms with E-state index in [4.69, 9.17) is 11.6 Å². The minimum Gasteiger partial charge on any atom is -0.249 e. The van der Waals surface area contributed by atoms with Crippen molar-refractivity contribution in [3.8, 4) is 0 Å². The number of alkyl halides is 1. The van der Waals surface area contributed by atoms with Crippen LogP contribution in [0.25, 0.3) is 0 Å². The molecule has 1 aromatic heterocycles. The fourth-order valence-corrected chi connectivity index (χ4v) is 2.15. The quantitative estimate of drug-likeness (QED) is 0.720. The van der Waals surface area contributed by atoms with E-state index >= 15 is 0 Å². The summed E-state index contributed by atoms with van der Waals surface area (Å²) < 4.78 is 2.04. The Morgan fingerprint density at radius 2 is 2.29 bits per heavy atom. The van der Waals surface area contributed by atoms with Gasteiger partial charge in [-0.25, -0.2) is 4.68 Å². The molecule has 1 saturated carbocycles. The molecule has 0 saturated heterocycles. The summed E-state index contributed by atoms with van der Waals surface area (Å²) >= 11 is 5.85. The summed E-state index contributed by atoms with van der Waals surface area (Å²) in [4.78, 5) is 0. The van der Waals surface area contributed by atoms with Crippen LogP contribution < -0.4 is 0 Å². The van der Waals surface area contributed by atoms with Crippen LogP contribution in [0.2, 0.25) is 0 Å². The van der Waals surface area contributed by atoms with Crippen molar-refractivity contribution in [1.29, 1.82) is 0 Å². The summed E-state index contributed by atoms with van der Waals surface area (Å²) in [5.41, 5.74) is 2.29. The van der Waals surface area contributed by atoms with Gasteiger partial charge in [0, 0.05) is 12.5 Å². The minimum absolute atomic E-state index is 0.496. The summed E-state index contributed by atoms with van der Waals surface area (Å²) in [5, 5.41) is 8.30. The zero-order valence-electron chi connectivity index (χ0n) is 8.54. The van der Waals surface area contributed by atoms with Gasteiger partial charge < -0.3 is 0 Å². The number of nitrogens with zero attached hydrogens (tertiary/aromatic N) is 3. The van der Waals surface area contributed by atoms with Gasteiger partial charge in [0.15, 0.2) is 0 Å². The molecule has 1 aliphatic rings. The topological polar surface area (TPSA) is 30.7 Å². The average molecular weight is 214 g/mol. The summed E-state index contributed by atoms with van der Waals surface area (Å²) in [5.74, 6) is 1.17. The van der Waals surface area contributed by atoms with E-state index in [2.05, 4.69) is 17.2 Å². The maximum Gasteiger partial charge on any atom is 0.101 e. The maximum absolute atomic E-state index is 5.85. The number of hydrogen-bond donors (Lipinski definition) is 0. The van der Waals surface area contributed by atoms with Crippen LogP contribution in [-0.2, 0) is 12.4 Å². The van der Waals surface area contributed by atoms with Gasteiger partial charge >= 0.3 is 0 Å². The lowest BCUT2D eigenvalue weighted by Gasteiger charge is -2.26. The molecular weight excluding hydrogens is 198 g/mol. The van der Waals surface area contributed by atoms with Gasteiger partial charge in [0.05, 0.1) is 11.6 Å². The van der Waals surface area contributed by atoms with E-state index < -0.39 is 0 Å². The molecule has 78 valence electrons. The lowest BCUT2D eigenvalue weighted by molar-refractivity contribution is 0.384. The van der Waals surface area contributed by atoms with Crippen molar-refractivity contribution in [2.75, 3.05) is 0 Å². The zero-order chi connectivity index (χ0) is 9.97. The Morgan fingerprint density at radius 3 is 2.79 bits per heavy atom. The first-order valence-electron chi connectivity index (χ1n) is 5.35. The van der Waals surface area contributed by atoms with Crippen molar-refractivity contribution in [1.82, 2.24) is 15.0 Å². The highest BCUT2D eigenvalue weighted by Gasteiger charge is 2.26. The Bertz CT molecular complexity index is 304. The largest absolute Gasteiger partial charge is 0.249 e. The Labute approximate surface area is 89.4 Å². The van der Waals surface area contributed by atoms with Gasteiger partial charge in [0.2, 0.25) is 0 Å². The molecule has 3 nitrogen and oxygen atoms in total. The standard InChI is InChI=1S/C10H16ClN3/c1-2-6-14-10(8-4-3-5-8)9(7-11)12-13-14/h8H,2-7H2,1H3. The van der Waals surface area contributed by atoms with Crippen molar-refractivity contribution in [2.45, 2.75) is 50.9 Å². The lowest BCUT2D eigenvalue weighted by atomic mass is 9.82. The van der Waals surface area contributed by atoms with Crippen molar-refractivity contribution >= 4 is 11.6 Å². The Kier molecular flexibility index (Phi) is 3.06. The van der Waals surface area contributed by atoms with Crippen molar-refractivity contribution in [3.05, 3.63) is 11.4 Å². The number of halogens is 1. The first-order chi connectivity index (χ1) is 6.86. The number of hydrogen-bond acceptors (Lipinski definition) is 2. The van der Waals surface area contributed by atoms with E-state index in [0.29, 0.717) is 11.8 Å². The molecule has 1 heterocycles. The number of rotatable bonds is 4. The normalized spacial score (nSPS) is 17.0. The molecule has 4 heteroatoms. The Morgan fingerprint density at radius 1 is 1.50 bits per heavy atom. The van der Waals surface area contributed by atoms with E-state index in [1.165, 1.54) is 25.0 Å². The second kappa shape index (κ2) is 4.30. The van der Waals surface area contributed by atoms with Crippen molar-refractivity contribution in [3.63, 3.8) is 0 Å². The highest BCUT2D eigenvalue weighted by atomic mass is 35.5. The highest BCUT2D eigenvalue weighted by molar-refractivity contribution is 6.16.